The third kappa shape index (κ3) is 23.3. The largest absolute Gasteiger partial charge is 0.483 e. The van der Waals surface area contributed by atoms with Crippen LogP contribution in [0, 0.1) is 0 Å². The summed E-state index contributed by atoms with van der Waals surface area (Å²) in [6, 6.07) is 0. The number of unbranched alkanes of at least 4 members (excludes halogenated alkanes) is 2. The molecule has 0 radical (unpaired) electrons. The van der Waals surface area contributed by atoms with Crippen molar-refractivity contribution >= 4 is 36.0 Å². The summed E-state index contributed by atoms with van der Waals surface area (Å²) in [6.07, 6.45) is 4.45. The molecule has 254 valence electrons. The molecule has 0 saturated carbocycles. The molecule has 0 spiro atoms. The maximum atomic E-state index is 12.7. The fourth-order valence-electron chi connectivity index (χ4n) is 4.60. The standard InChI is InChI=1S/C28H52N6O7.CH2O2/c1-3-24(35)9-8-12-29-25(36)10-6-5-7-11-30-26(37)21-32-15-13-31(4-2)14-16-33(22-27(38)39)19-20-34(18-17-32)23-28(40)41;2-1-3/h3-23H2,1-2H3,(H,29,36)(H,30,37)(H,38,39)(H,40,41);1H,(H,2,3). The Morgan fingerprint density at radius 2 is 1.05 bits per heavy atom. The SMILES string of the molecule is CCC(=O)CCCNC(=O)CCCCCNC(=O)CN1CCN(CC)CCN(CC(=O)O)CCN(CC(=O)O)CC1.O=CO. The first-order valence-corrected chi connectivity index (χ1v) is 15.5. The maximum absolute atomic E-state index is 12.7. The molecular formula is C29H54N6O9. The average molecular weight is 631 g/mol. The van der Waals surface area contributed by atoms with E-state index >= 15 is 0 Å². The van der Waals surface area contributed by atoms with Crippen LogP contribution in [0.4, 0.5) is 0 Å². The Kier molecular flexibility index (Phi) is 24.4. The van der Waals surface area contributed by atoms with Gasteiger partial charge in [0.15, 0.2) is 0 Å². The Labute approximate surface area is 260 Å². The summed E-state index contributed by atoms with van der Waals surface area (Å²) < 4.78 is 0. The molecule has 1 rings (SSSR count). The van der Waals surface area contributed by atoms with Crippen LogP contribution in [0.25, 0.3) is 0 Å². The molecule has 0 bridgehead atoms. The maximum Gasteiger partial charge on any atom is 0.317 e. The number of rotatable bonds is 18. The molecule has 0 unspecified atom stereocenters. The van der Waals surface area contributed by atoms with E-state index < -0.39 is 11.9 Å². The summed E-state index contributed by atoms with van der Waals surface area (Å²) in [5.74, 6) is -1.74. The number of carboxylic acid groups (broad SMARTS) is 3. The Bertz CT molecular complexity index is 861. The molecule has 0 aromatic carbocycles. The van der Waals surface area contributed by atoms with Crippen LogP contribution in [0.2, 0.25) is 0 Å². The molecule has 0 aliphatic carbocycles. The van der Waals surface area contributed by atoms with Gasteiger partial charge >= 0.3 is 11.9 Å². The number of amides is 2. The molecule has 1 fully saturated rings. The molecule has 1 aliphatic rings. The van der Waals surface area contributed by atoms with E-state index in [9.17, 15) is 34.2 Å². The van der Waals surface area contributed by atoms with Crippen LogP contribution < -0.4 is 10.6 Å². The summed E-state index contributed by atoms with van der Waals surface area (Å²) in [5.41, 5.74) is 0. The first-order valence-electron chi connectivity index (χ1n) is 15.5. The lowest BCUT2D eigenvalue weighted by Crippen LogP contribution is -2.49. The predicted molar refractivity (Wildman–Crippen MR) is 164 cm³/mol. The van der Waals surface area contributed by atoms with Crippen molar-refractivity contribution in [3.8, 4) is 0 Å². The number of aliphatic carboxylic acids is 2. The monoisotopic (exact) mass is 630 g/mol. The lowest BCUT2D eigenvalue weighted by Gasteiger charge is -2.33. The molecule has 5 N–H and O–H groups in total. The molecule has 15 nitrogen and oxygen atoms in total. The van der Waals surface area contributed by atoms with E-state index in [1.54, 1.807) is 4.90 Å². The van der Waals surface area contributed by atoms with Crippen LogP contribution in [0.5, 0.6) is 0 Å². The number of carbonyl (C=O) groups is 6. The summed E-state index contributed by atoms with van der Waals surface area (Å²) >= 11 is 0. The van der Waals surface area contributed by atoms with Crippen molar-refractivity contribution in [2.24, 2.45) is 0 Å². The molecule has 2 amide bonds. The highest BCUT2D eigenvalue weighted by molar-refractivity contribution is 5.78. The van der Waals surface area contributed by atoms with Gasteiger partial charge in [0, 0.05) is 84.7 Å². The lowest BCUT2D eigenvalue weighted by atomic mass is 10.1. The first-order chi connectivity index (χ1) is 21.0. The average Bonchev–Trinajstić information content (AvgIpc) is 2.96. The predicted octanol–water partition coefficient (Wildman–Crippen LogP) is -0.350. The highest BCUT2D eigenvalue weighted by Crippen LogP contribution is 2.02. The van der Waals surface area contributed by atoms with Crippen LogP contribution in [0.1, 0.15) is 58.8 Å². The van der Waals surface area contributed by atoms with Crippen LogP contribution >= 0.6 is 0 Å². The minimum atomic E-state index is -0.940. The van der Waals surface area contributed by atoms with Crippen LogP contribution in [0.15, 0.2) is 0 Å². The van der Waals surface area contributed by atoms with Crippen LogP contribution in [-0.4, -0.2) is 163 Å². The van der Waals surface area contributed by atoms with E-state index in [1.165, 1.54) is 0 Å². The van der Waals surface area contributed by atoms with Gasteiger partial charge < -0.3 is 30.9 Å². The van der Waals surface area contributed by atoms with E-state index in [-0.39, 0.29) is 43.7 Å². The number of nitrogens with zero attached hydrogens (tertiary/aromatic N) is 4. The zero-order valence-electron chi connectivity index (χ0n) is 26.5. The second kappa shape index (κ2) is 26.3. The fraction of sp³-hybridized carbons (Fsp3) is 0.793. The van der Waals surface area contributed by atoms with Gasteiger partial charge in [-0.3, -0.25) is 43.5 Å². The summed E-state index contributed by atoms with van der Waals surface area (Å²) in [4.78, 5) is 74.8. The van der Waals surface area contributed by atoms with Crippen molar-refractivity contribution in [2.75, 3.05) is 91.6 Å². The van der Waals surface area contributed by atoms with Crippen LogP contribution in [-0.2, 0) is 28.8 Å². The zero-order valence-corrected chi connectivity index (χ0v) is 26.5. The van der Waals surface area contributed by atoms with Gasteiger partial charge in [0.25, 0.3) is 6.47 Å². The summed E-state index contributed by atoms with van der Waals surface area (Å²) in [6.45, 7) is 9.99. The fourth-order valence-corrected chi connectivity index (χ4v) is 4.60. The molecule has 44 heavy (non-hydrogen) atoms. The number of carboxylic acids is 2. The van der Waals surface area contributed by atoms with Gasteiger partial charge in [-0.05, 0) is 25.8 Å². The summed E-state index contributed by atoms with van der Waals surface area (Å²) in [5, 5.41) is 31.3. The van der Waals surface area contributed by atoms with Gasteiger partial charge in [0.2, 0.25) is 11.8 Å². The number of likely N-dealkylation sites (N-methyl/N-ethyl adjacent to an activating group) is 1. The van der Waals surface area contributed by atoms with E-state index in [2.05, 4.69) is 22.5 Å². The topological polar surface area (TPSA) is 200 Å². The van der Waals surface area contributed by atoms with E-state index in [1.807, 2.05) is 16.7 Å². The molecule has 0 aromatic rings. The van der Waals surface area contributed by atoms with E-state index in [0.29, 0.717) is 84.6 Å². The Balaban J connectivity index is 0.00000590. The number of hydrogen-bond acceptors (Lipinski definition) is 10. The molecule has 1 saturated heterocycles. The number of nitrogens with one attached hydrogen (secondary N) is 2. The molecule has 0 aromatic heterocycles. The van der Waals surface area contributed by atoms with Gasteiger partial charge in [-0.1, -0.05) is 20.3 Å². The second-order valence-electron chi connectivity index (χ2n) is 10.7. The molecule has 15 heteroatoms. The molecule has 0 atom stereocenters. The Hall–Kier alpha value is -3.14. The van der Waals surface area contributed by atoms with Crippen molar-refractivity contribution in [3.05, 3.63) is 0 Å². The number of hydrogen-bond donors (Lipinski definition) is 5. The molecule has 1 heterocycles. The lowest BCUT2D eigenvalue weighted by molar-refractivity contribution is -0.140. The highest BCUT2D eigenvalue weighted by Gasteiger charge is 2.19. The van der Waals surface area contributed by atoms with E-state index in [0.717, 1.165) is 32.4 Å². The van der Waals surface area contributed by atoms with Gasteiger partial charge in [0.05, 0.1) is 19.6 Å². The van der Waals surface area contributed by atoms with Crippen molar-refractivity contribution in [1.82, 2.24) is 30.2 Å². The van der Waals surface area contributed by atoms with Crippen molar-refractivity contribution in [2.45, 2.75) is 58.8 Å². The number of carbonyl (C=O) groups excluding carboxylic acids is 3. The van der Waals surface area contributed by atoms with Gasteiger partial charge in [0.1, 0.15) is 5.78 Å². The Morgan fingerprint density at radius 3 is 1.50 bits per heavy atom. The van der Waals surface area contributed by atoms with Crippen molar-refractivity contribution in [1.29, 1.82) is 0 Å². The number of Topliss-reactive ketones (excluding diaryl/α,β-unsaturated/α-hetero) is 1. The zero-order chi connectivity index (χ0) is 33.2. The first kappa shape index (κ1) is 40.9. The van der Waals surface area contributed by atoms with Gasteiger partial charge in [-0.25, -0.2) is 0 Å². The van der Waals surface area contributed by atoms with Gasteiger partial charge in [-0.2, -0.15) is 0 Å². The second-order valence-corrected chi connectivity index (χ2v) is 10.7. The Morgan fingerprint density at radius 1 is 0.614 bits per heavy atom. The van der Waals surface area contributed by atoms with E-state index in [4.69, 9.17) is 9.90 Å². The minimum absolute atomic E-state index is 0.0130. The van der Waals surface area contributed by atoms with Crippen molar-refractivity contribution < 1.29 is 44.1 Å². The third-order valence-corrected chi connectivity index (χ3v) is 7.21. The highest BCUT2D eigenvalue weighted by atomic mass is 16.4. The smallest absolute Gasteiger partial charge is 0.317 e. The van der Waals surface area contributed by atoms with Crippen LogP contribution in [0.3, 0.4) is 0 Å². The molecule has 1 aliphatic heterocycles. The minimum Gasteiger partial charge on any atom is -0.483 e. The summed E-state index contributed by atoms with van der Waals surface area (Å²) in [7, 11) is 0. The normalized spacial score (nSPS) is 16.0. The molecular weight excluding hydrogens is 576 g/mol. The van der Waals surface area contributed by atoms with Crippen molar-refractivity contribution in [3.63, 3.8) is 0 Å². The third-order valence-electron chi connectivity index (χ3n) is 7.21. The van der Waals surface area contributed by atoms with Gasteiger partial charge in [-0.15, -0.1) is 0 Å². The quantitative estimate of drug-likeness (QED) is 0.0973. The number of ketones is 1.